The first-order valence-corrected chi connectivity index (χ1v) is 8.00. The molecule has 0 aliphatic heterocycles. The van der Waals surface area contributed by atoms with Crippen LogP contribution in [-0.4, -0.2) is 27.6 Å². The lowest BCUT2D eigenvalue weighted by molar-refractivity contribution is 0.0941. The summed E-state index contributed by atoms with van der Waals surface area (Å²) in [6, 6.07) is 10.3. The molecule has 1 amide bonds. The molecule has 3 rings (SSSR count). The standard InChI is InChI=1S/C18H17ClN4O2/c1-23-11-10-21-17(23)15(12-5-7-13(25-2)8-6-12)22-18(24)14-4-3-9-20-16(14)19/h3-11,15H,1-2H3,(H,22,24)/t15-/m1/s1. The fourth-order valence-electron chi connectivity index (χ4n) is 2.51. The normalized spacial score (nSPS) is 11.8. The number of pyridine rings is 1. The zero-order chi connectivity index (χ0) is 17.8. The molecular weight excluding hydrogens is 340 g/mol. The third-order valence-corrected chi connectivity index (χ3v) is 4.15. The largest absolute Gasteiger partial charge is 0.497 e. The summed E-state index contributed by atoms with van der Waals surface area (Å²) in [7, 11) is 3.49. The maximum Gasteiger partial charge on any atom is 0.255 e. The number of carbonyl (C=O) groups excluding carboxylic acids is 1. The van der Waals surface area contributed by atoms with Crippen LogP contribution in [0.15, 0.2) is 55.0 Å². The summed E-state index contributed by atoms with van der Waals surface area (Å²) in [5, 5.41) is 3.14. The first kappa shape index (κ1) is 17.0. The van der Waals surface area contributed by atoms with Gasteiger partial charge >= 0.3 is 0 Å². The first-order valence-electron chi connectivity index (χ1n) is 7.62. The maximum atomic E-state index is 12.7. The van der Waals surface area contributed by atoms with Crippen LogP contribution in [0.3, 0.4) is 0 Å². The lowest BCUT2D eigenvalue weighted by atomic mass is 10.1. The first-order chi connectivity index (χ1) is 12.1. The number of hydrogen-bond acceptors (Lipinski definition) is 4. The van der Waals surface area contributed by atoms with Gasteiger partial charge in [-0.2, -0.15) is 0 Å². The summed E-state index contributed by atoms with van der Waals surface area (Å²) in [5.74, 6) is 1.13. The van der Waals surface area contributed by atoms with Crippen molar-refractivity contribution in [2.45, 2.75) is 6.04 Å². The van der Waals surface area contributed by atoms with Crippen molar-refractivity contribution >= 4 is 17.5 Å². The quantitative estimate of drug-likeness (QED) is 0.713. The second kappa shape index (κ2) is 7.36. The number of hydrogen-bond donors (Lipinski definition) is 1. The van der Waals surface area contributed by atoms with E-state index in [0.29, 0.717) is 11.4 Å². The Hall–Kier alpha value is -2.86. The molecular formula is C18H17ClN4O2. The van der Waals surface area contributed by atoms with Crippen molar-refractivity contribution in [3.63, 3.8) is 0 Å². The van der Waals surface area contributed by atoms with Crippen LogP contribution in [0, 0.1) is 0 Å². The fraction of sp³-hybridized carbons (Fsp3) is 0.167. The number of rotatable bonds is 5. The summed E-state index contributed by atoms with van der Waals surface area (Å²) in [6.45, 7) is 0. The Morgan fingerprint density at radius 1 is 1.20 bits per heavy atom. The molecule has 128 valence electrons. The molecule has 2 heterocycles. The molecule has 1 N–H and O–H groups in total. The molecule has 0 spiro atoms. The van der Waals surface area contributed by atoms with Crippen molar-refractivity contribution < 1.29 is 9.53 Å². The average Bonchev–Trinajstić information content (AvgIpc) is 3.06. The minimum absolute atomic E-state index is 0.160. The van der Waals surface area contributed by atoms with E-state index in [-0.39, 0.29) is 11.1 Å². The smallest absolute Gasteiger partial charge is 0.255 e. The molecule has 0 unspecified atom stereocenters. The van der Waals surface area contributed by atoms with E-state index in [2.05, 4.69) is 15.3 Å². The van der Waals surface area contributed by atoms with Crippen molar-refractivity contribution in [1.29, 1.82) is 0 Å². The highest BCUT2D eigenvalue weighted by Crippen LogP contribution is 2.24. The SMILES string of the molecule is COc1ccc([C@@H](NC(=O)c2cccnc2Cl)c2nccn2C)cc1. The van der Waals surface area contributed by atoms with Gasteiger partial charge in [-0.3, -0.25) is 4.79 Å². The van der Waals surface area contributed by atoms with Crippen LogP contribution >= 0.6 is 11.6 Å². The number of aromatic nitrogens is 3. The third-order valence-electron chi connectivity index (χ3n) is 3.84. The van der Waals surface area contributed by atoms with E-state index < -0.39 is 6.04 Å². The van der Waals surface area contributed by atoms with Gasteiger partial charge in [-0.25, -0.2) is 9.97 Å². The summed E-state index contributed by atoms with van der Waals surface area (Å²) < 4.78 is 7.06. The van der Waals surface area contributed by atoms with Crippen LogP contribution in [0.4, 0.5) is 0 Å². The second-order valence-electron chi connectivity index (χ2n) is 5.42. The van der Waals surface area contributed by atoms with Crippen molar-refractivity contribution in [2.75, 3.05) is 7.11 Å². The molecule has 3 aromatic rings. The van der Waals surface area contributed by atoms with Crippen molar-refractivity contribution in [3.8, 4) is 5.75 Å². The number of methoxy groups -OCH3 is 1. The number of aryl methyl sites for hydroxylation is 1. The number of amides is 1. The van der Waals surface area contributed by atoms with Crippen LogP contribution in [-0.2, 0) is 7.05 Å². The Labute approximate surface area is 150 Å². The Bertz CT molecular complexity index is 877. The Morgan fingerprint density at radius 3 is 2.56 bits per heavy atom. The van der Waals surface area contributed by atoms with Gasteiger partial charge in [-0.15, -0.1) is 0 Å². The van der Waals surface area contributed by atoms with Gasteiger partial charge in [0.2, 0.25) is 0 Å². The summed E-state index contributed by atoms with van der Waals surface area (Å²) in [6.07, 6.45) is 5.06. The monoisotopic (exact) mass is 356 g/mol. The summed E-state index contributed by atoms with van der Waals surface area (Å²) in [5.41, 5.74) is 1.19. The van der Waals surface area contributed by atoms with Gasteiger partial charge in [0.1, 0.15) is 22.8 Å². The highest BCUT2D eigenvalue weighted by molar-refractivity contribution is 6.32. The van der Waals surface area contributed by atoms with Gasteiger partial charge < -0.3 is 14.6 Å². The van der Waals surface area contributed by atoms with E-state index in [4.69, 9.17) is 16.3 Å². The fourth-order valence-corrected chi connectivity index (χ4v) is 2.72. The van der Waals surface area contributed by atoms with Gasteiger partial charge in [-0.05, 0) is 29.8 Å². The van der Waals surface area contributed by atoms with Gasteiger partial charge in [0.05, 0.1) is 12.7 Å². The predicted octanol–water partition coefficient (Wildman–Crippen LogP) is 3.00. The molecule has 0 saturated carbocycles. The van der Waals surface area contributed by atoms with Crippen LogP contribution in [0.5, 0.6) is 5.75 Å². The highest BCUT2D eigenvalue weighted by Gasteiger charge is 2.22. The van der Waals surface area contributed by atoms with E-state index in [9.17, 15) is 4.79 Å². The minimum atomic E-state index is -0.435. The zero-order valence-electron chi connectivity index (χ0n) is 13.8. The van der Waals surface area contributed by atoms with E-state index >= 15 is 0 Å². The number of benzene rings is 1. The second-order valence-corrected chi connectivity index (χ2v) is 5.78. The molecule has 0 aliphatic rings. The lowest BCUT2D eigenvalue weighted by Gasteiger charge is -2.19. The Kier molecular flexibility index (Phi) is 5.00. The van der Waals surface area contributed by atoms with Crippen molar-refractivity contribution in [1.82, 2.24) is 19.9 Å². The molecule has 1 aromatic carbocycles. The van der Waals surface area contributed by atoms with E-state index in [1.54, 1.807) is 31.6 Å². The molecule has 7 heteroatoms. The molecule has 2 aromatic heterocycles. The zero-order valence-corrected chi connectivity index (χ0v) is 14.6. The van der Waals surface area contributed by atoms with Crippen LogP contribution in [0.25, 0.3) is 0 Å². The highest BCUT2D eigenvalue weighted by atomic mass is 35.5. The maximum absolute atomic E-state index is 12.7. The number of ether oxygens (including phenoxy) is 1. The third kappa shape index (κ3) is 3.64. The van der Waals surface area contributed by atoms with Crippen LogP contribution < -0.4 is 10.1 Å². The Morgan fingerprint density at radius 2 is 1.96 bits per heavy atom. The number of halogens is 1. The molecule has 25 heavy (non-hydrogen) atoms. The van der Waals surface area contributed by atoms with Gasteiger partial charge in [-0.1, -0.05) is 23.7 Å². The number of nitrogens with one attached hydrogen (secondary N) is 1. The molecule has 0 fully saturated rings. The summed E-state index contributed by atoms with van der Waals surface area (Å²) in [4.78, 5) is 21.0. The van der Waals surface area contributed by atoms with Crippen molar-refractivity contribution in [2.24, 2.45) is 7.05 Å². The number of carbonyl (C=O) groups is 1. The van der Waals surface area contributed by atoms with Crippen LogP contribution in [0.2, 0.25) is 5.15 Å². The summed E-state index contributed by atoms with van der Waals surface area (Å²) >= 11 is 6.04. The molecule has 0 saturated heterocycles. The lowest BCUT2D eigenvalue weighted by Crippen LogP contribution is -2.31. The van der Waals surface area contributed by atoms with E-state index in [0.717, 1.165) is 11.3 Å². The predicted molar refractivity (Wildman–Crippen MR) is 94.8 cm³/mol. The molecule has 0 bridgehead atoms. The Balaban J connectivity index is 1.95. The average molecular weight is 357 g/mol. The van der Waals surface area contributed by atoms with Gasteiger partial charge in [0.15, 0.2) is 0 Å². The molecule has 1 atom stereocenters. The molecule has 0 aliphatic carbocycles. The number of nitrogens with zero attached hydrogens (tertiary/aromatic N) is 3. The molecule has 0 radical (unpaired) electrons. The minimum Gasteiger partial charge on any atom is -0.497 e. The molecule has 6 nitrogen and oxygen atoms in total. The van der Waals surface area contributed by atoms with Crippen molar-refractivity contribution in [3.05, 3.63) is 77.1 Å². The number of imidazole rings is 1. The van der Waals surface area contributed by atoms with Gasteiger partial charge in [0, 0.05) is 25.6 Å². The van der Waals surface area contributed by atoms with Gasteiger partial charge in [0.25, 0.3) is 5.91 Å². The topological polar surface area (TPSA) is 69.0 Å². The van der Waals surface area contributed by atoms with E-state index in [1.165, 1.54) is 0 Å². The van der Waals surface area contributed by atoms with Crippen LogP contribution in [0.1, 0.15) is 27.8 Å². The van der Waals surface area contributed by atoms with E-state index in [1.807, 2.05) is 42.1 Å².